The molecular weight excluding hydrogens is 623 g/mol. The molecule has 5 heteroatoms. The number of rotatable bonds is 2. The number of furan rings is 2. The molecule has 0 saturated heterocycles. The third-order valence-corrected chi connectivity index (χ3v) is 10.9. The Kier molecular flexibility index (Phi) is 6.66. The van der Waals surface area contributed by atoms with Crippen LogP contribution in [0, 0.1) is 0 Å². The van der Waals surface area contributed by atoms with Gasteiger partial charge in [0.25, 0.3) is 0 Å². The van der Waals surface area contributed by atoms with Crippen molar-refractivity contribution in [1.29, 1.82) is 0 Å². The Morgan fingerprint density at radius 1 is 0.471 bits per heavy atom. The standard InChI is InChI=1S/C46H45BN2O2/c1-44(2,3)28-19-22-32(23-20-28)49-36-27-30(46(7,8)9)26-35-40(36)47(39-34-25-29(45(4,5)6)21-24-38(34)51-43(39)49)42-41(33-17-13-14-18-37(33)50-42)48(35)31-15-11-10-12-16-31/h10-27H,1-9H3. The van der Waals surface area contributed by atoms with Gasteiger partial charge in [-0.2, -0.15) is 0 Å². The third-order valence-electron chi connectivity index (χ3n) is 10.9. The SMILES string of the molecule is CC(C)(C)c1ccc(N2c3cc(C(C)(C)C)cc4c3B(c3oc5ccccc5c3N4c3ccccc3)c3c2oc2ccc(C(C)(C)C)cc32)cc1. The summed E-state index contributed by atoms with van der Waals surface area (Å²) in [5, 5.41) is 2.24. The summed E-state index contributed by atoms with van der Waals surface area (Å²) in [7, 11) is 0. The van der Waals surface area contributed by atoms with Crippen molar-refractivity contribution in [3.8, 4) is 0 Å². The highest BCUT2D eigenvalue weighted by Crippen LogP contribution is 2.49. The Bertz CT molecular complexity index is 2480. The second-order valence-corrected chi connectivity index (χ2v) is 17.5. The van der Waals surface area contributed by atoms with Crippen LogP contribution >= 0.6 is 0 Å². The van der Waals surface area contributed by atoms with Gasteiger partial charge in [-0.1, -0.05) is 111 Å². The fraction of sp³-hybridized carbons (Fsp3) is 0.261. The van der Waals surface area contributed by atoms with E-state index in [0.29, 0.717) is 0 Å². The van der Waals surface area contributed by atoms with Crippen molar-refractivity contribution in [2.75, 3.05) is 9.80 Å². The number of para-hydroxylation sites is 2. The van der Waals surface area contributed by atoms with Crippen LogP contribution in [0.1, 0.15) is 79.0 Å². The van der Waals surface area contributed by atoms with Gasteiger partial charge >= 0.3 is 6.71 Å². The number of benzene rings is 5. The molecule has 0 N–H and O–H groups in total. The molecule has 0 aliphatic carbocycles. The van der Waals surface area contributed by atoms with Gasteiger partial charge < -0.3 is 13.7 Å². The Morgan fingerprint density at radius 2 is 1.04 bits per heavy atom. The van der Waals surface area contributed by atoms with E-state index in [2.05, 4.69) is 181 Å². The summed E-state index contributed by atoms with van der Waals surface area (Å²) < 4.78 is 14.1. The van der Waals surface area contributed by atoms with Crippen LogP contribution in [0.4, 0.5) is 34.3 Å². The lowest BCUT2D eigenvalue weighted by Crippen LogP contribution is -2.60. The van der Waals surface area contributed by atoms with Crippen molar-refractivity contribution in [2.45, 2.75) is 78.6 Å². The quantitative estimate of drug-likeness (QED) is 0.172. The lowest BCUT2D eigenvalue weighted by atomic mass is 9.35. The minimum Gasteiger partial charge on any atom is -0.468 e. The number of hydrogen-bond acceptors (Lipinski definition) is 4. The van der Waals surface area contributed by atoms with Gasteiger partial charge in [-0.05, 0) is 99.1 Å². The van der Waals surface area contributed by atoms with Crippen molar-refractivity contribution in [3.63, 3.8) is 0 Å². The van der Waals surface area contributed by atoms with E-state index in [1.807, 2.05) is 0 Å². The molecule has 0 atom stereocenters. The average molecular weight is 669 g/mol. The fourth-order valence-corrected chi connectivity index (χ4v) is 8.06. The van der Waals surface area contributed by atoms with E-state index in [4.69, 9.17) is 8.83 Å². The Balaban J connectivity index is 1.45. The Labute approximate surface area is 301 Å². The van der Waals surface area contributed by atoms with Crippen LogP contribution < -0.4 is 26.4 Å². The van der Waals surface area contributed by atoms with E-state index >= 15 is 0 Å². The van der Waals surface area contributed by atoms with E-state index in [1.54, 1.807) is 0 Å². The van der Waals surface area contributed by atoms with Crippen molar-refractivity contribution in [1.82, 2.24) is 0 Å². The molecule has 51 heavy (non-hydrogen) atoms. The molecule has 4 heterocycles. The first-order valence-corrected chi connectivity index (χ1v) is 18.2. The molecule has 0 unspecified atom stereocenters. The first-order chi connectivity index (χ1) is 24.2. The summed E-state index contributed by atoms with van der Waals surface area (Å²) in [5.41, 5.74) is 14.4. The molecule has 2 aromatic heterocycles. The molecule has 9 rings (SSSR count). The number of anilines is 6. The van der Waals surface area contributed by atoms with E-state index in [9.17, 15) is 0 Å². The number of hydrogen-bond donors (Lipinski definition) is 0. The van der Waals surface area contributed by atoms with Crippen LogP contribution in [0.15, 0.2) is 118 Å². The third kappa shape index (κ3) is 4.81. The van der Waals surface area contributed by atoms with Gasteiger partial charge in [0, 0.05) is 39.0 Å². The molecule has 0 spiro atoms. The first-order valence-electron chi connectivity index (χ1n) is 18.2. The highest BCUT2D eigenvalue weighted by Gasteiger charge is 2.49. The summed E-state index contributed by atoms with van der Waals surface area (Å²) in [5.74, 6) is 0.855. The Hall–Kier alpha value is -5.16. The van der Waals surface area contributed by atoms with Crippen molar-refractivity contribution in [2.24, 2.45) is 0 Å². The molecule has 7 aromatic rings. The van der Waals surface area contributed by atoms with Gasteiger partial charge in [-0.15, -0.1) is 0 Å². The summed E-state index contributed by atoms with van der Waals surface area (Å²) in [6.07, 6.45) is 0. The second-order valence-electron chi connectivity index (χ2n) is 17.5. The number of fused-ring (bicyclic) bond motifs is 8. The molecule has 5 aromatic carbocycles. The largest absolute Gasteiger partial charge is 0.468 e. The summed E-state index contributed by atoms with van der Waals surface area (Å²) in [6, 6.07) is 39.9. The van der Waals surface area contributed by atoms with Gasteiger partial charge in [0.2, 0.25) is 5.88 Å². The van der Waals surface area contributed by atoms with Crippen molar-refractivity contribution < 1.29 is 8.83 Å². The van der Waals surface area contributed by atoms with Crippen molar-refractivity contribution in [3.05, 3.63) is 126 Å². The normalized spacial score (nSPS) is 14.3. The van der Waals surface area contributed by atoms with Gasteiger partial charge in [0.05, 0.1) is 11.3 Å². The van der Waals surface area contributed by atoms with Crippen LogP contribution in [0.5, 0.6) is 0 Å². The van der Waals surface area contributed by atoms with Crippen LogP contribution in [0.25, 0.3) is 21.9 Å². The van der Waals surface area contributed by atoms with Crippen LogP contribution in [-0.4, -0.2) is 6.71 Å². The topological polar surface area (TPSA) is 32.8 Å². The lowest BCUT2D eigenvalue weighted by Gasteiger charge is -2.41. The van der Waals surface area contributed by atoms with Gasteiger partial charge in [-0.25, -0.2) is 0 Å². The summed E-state index contributed by atoms with van der Waals surface area (Å²) >= 11 is 0. The molecule has 0 radical (unpaired) electrons. The predicted octanol–water partition coefficient (Wildman–Crippen LogP) is 11.2. The minimum absolute atomic E-state index is 0.0264. The predicted molar refractivity (Wildman–Crippen MR) is 216 cm³/mol. The average Bonchev–Trinajstić information content (AvgIpc) is 3.66. The second kappa shape index (κ2) is 10.7. The summed E-state index contributed by atoms with van der Waals surface area (Å²) in [4.78, 5) is 4.82. The van der Waals surface area contributed by atoms with E-state index in [-0.39, 0.29) is 23.0 Å². The molecule has 2 aliphatic rings. The highest BCUT2D eigenvalue weighted by atomic mass is 16.4. The van der Waals surface area contributed by atoms with Crippen LogP contribution in [-0.2, 0) is 16.2 Å². The molecule has 0 fully saturated rings. The molecule has 0 saturated carbocycles. The Morgan fingerprint density at radius 3 is 1.71 bits per heavy atom. The smallest absolute Gasteiger partial charge is 0.302 e. The van der Waals surface area contributed by atoms with Crippen LogP contribution in [0.3, 0.4) is 0 Å². The first kappa shape index (κ1) is 31.8. The highest BCUT2D eigenvalue weighted by molar-refractivity contribution is 7.01. The maximum atomic E-state index is 7.07. The molecule has 2 aliphatic heterocycles. The van der Waals surface area contributed by atoms with E-state index in [0.717, 1.165) is 61.7 Å². The number of nitrogens with zero attached hydrogens (tertiary/aromatic N) is 2. The fourth-order valence-electron chi connectivity index (χ4n) is 8.06. The monoisotopic (exact) mass is 668 g/mol. The molecule has 0 bridgehead atoms. The molecule has 0 amide bonds. The van der Waals surface area contributed by atoms with Crippen LogP contribution in [0.2, 0.25) is 0 Å². The zero-order valence-electron chi connectivity index (χ0n) is 31.2. The minimum atomic E-state index is -0.178. The van der Waals surface area contributed by atoms with Gasteiger partial charge in [0.15, 0.2) is 0 Å². The van der Waals surface area contributed by atoms with Gasteiger partial charge in [-0.3, -0.25) is 4.90 Å². The lowest BCUT2D eigenvalue weighted by molar-refractivity contribution is 0.588. The maximum absolute atomic E-state index is 7.07. The zero-order chi connectivity index (χ0) is 35.6. The molecule has 4 nitrogen and oxygen atoms in total. The maximum Gasteiger partial charge on any atom is 0.302 e. The zero-order valence-corrected chi connectivity index (χ0v) is 31.2. The summed E-state index contributed by atoms with van der Waals surface area (Å²) in [6.45, 7) is 20.4. The molecular formula is C46H45BN2O2. The van der Waals surface area contributed by atoms with Gasteiger partial charge in [0.1, 0.15) is 11.2 Å². The molecule has 254 valence electrons. The van der Waals surface area contributed by atoms with E-state index < -0.39 is 0 Å². The van der Waals surface area contributed by atoms with E-state index in [1.165, 1.54) is 27.8 Å². The van der Waals surface area contributed by atoms with Crippen molar-refractivity contribution >= 4 is 79.6 Å².